The summed E-state index contributed by atoms with van der Waals surface area (Å²) in [6, 6.07) is 0. The van der Waals surface area contributed by atoms with Crippen LogP contribution in [-0.2, 0) is 0 Å². The molecule has 0 radical (unpaired) electrons. The summed E-state index contributed by atoms with van der Waals surface area (Å²) in [5, 5.41) is 0. The summed E-state index contributed by atoms with van der Waals surface area (Å²) >= 11 is 0. The molecule has 1 aliphatic rings. The second-order valence-electron chi connectivity index (χ2n) is 4.06. The Morgan fingerprint density at radius 3 is 2.25 bits per heavy atom. The first-order chi connectivity index (χ1) is 5.04. The molecule has 0 nitrogen and oxygen atoms in total. The molecule has 0 aromatic heterocycles. The fourth-order valence-corrected chi connectivity index (χ4v) is 1.92. The van der Waals surface area contributed by atoms with Crippen LogP contribution in [0.2, 0.25) is 0 Å². The minimum Gasteiger partial charge on any atom is -0.216 e. The second kappa shape index (κ2) is 4.78. The molecule has 2 unspecified atom stereocenters. The fourth-order valence-electron chi connectivity index (χ4n) is 1.92. The Hall–Kier alpha value is 0.662. The zero-order valence-electron chi connectivity index (χ0n) is 8.86. The molecule has 0 heterocycles. The molecule has 0 aromatic rings. The van der Waals surface area contributed by atoms with E-state index in [1.165, 1.54) is 6.42 Å². The summed E-state index contributed by atoms with van der Waals surface area (Å²) in [5.41, 5.74) is 3.14. The van der Waals surface area contributed by atoms with Crippen LogP contribution in [0.1, 0.15) is 41.0 Å². The Labute approximate surface area is 101 Å². The third-order valence-corrected chi connectivity index (χ3v) is 3.40. The molecule has 0 aliphatic heterocycles. The van der Waals surface area contributed by atoms with Crippen LogP contribution in [0.15, 0.2) is 11.1 Å². The summed E-state index contributed by atoms with van der Waals surface area (Å²) in [4.78, 5) is 0. The first-order valence-corrected chi connectivity index (χ1v) is 4.54. The standard InChI is InChI=1S/C11H19.U/c1-7-6-8(2)10(4)11(5)9(7)3;/h7,9H,6H2,1-5H3;/q-1;. The predicted molar refractivity (Wildman–Crippen MR) is 50.2 cm³/mol. The van der Waals surface area contributed by atoms with Crippen molar-refractivity contribution in [2.45, 2.75) is 41.0 Å². The molecule has 0 bridgehead atoms. The Morgan fingerprint density at radius 1 is 1.25 bits per heavy atom. The SMILES string of the molecule is CC1=C(C)[C-](C)C(C)C(C)C1.[U]. The average molecular weight is 389 g/mol. The summed E-state index contributed by atoms with van der Waals surface area (Å²) in [6.07, 6.45) is 1.30. The topological polar surface area (TPSA) is 0 Å². The first kappa shape index (κ1) is 12.7. The van der Waals surface area contributed by atoms with Gasteiger partial charge in [0.15, 0.2) is 0 Å². The van der Waals surface area contributed by atoms with Gasteiger partial charge in [-0.25, -0.2) is 17.1 Å². The van der Waals surface area contributed by atoms with Crippen LogP contribution in [0.3, 0.4) is 0 Å². The van der Waals surface area contributed by atoms with Gasteiger partial charge < -0.3 is 0 Å². The quantitative estimate of drug-likeness (QED) is 0.556. The molecule has 1 heteroatoms. The predicted octanol–water partition coefficient (Wildman–Crippen LogP) is 3.59. The molecule has 1 aliphatic carbocycles. The van der Waals surface area contributed by atoms with Gasteiger partial charge in [0.05, 0.1) is 0 Å². The van der Waals surface area contributed by atoms with E-state index in [1.807, 2.05) is 0 Å². The van der Waals surface area contributed by atoms with E-state index in [0.717, 1.165) is 11.8 Å². The zero-order chi connectivity index (χ0) is 8.59. The van der Waals surface area contributed by atoms with Crippen LogP contribution in [0.25, 0.3) is 0 Å². The fraction of sp³-hybridized carbons (Fsp3) is 0.727. The maximum Gasteiger partial charge on any atom is 0 e. The molecule has 0 saturated carbocycles. The van der Waals surface area contributed by atoms with E-state index >= 15 is 0 Å². The molecule has 1 rings (SSSR count). The molecule has 0 spiro atoms. The van der Waals surface area contributed by atoms with Crippen molar-refractivity contribution in [3.8, 4) is 0 Å². The number of rotatable bonds is 0. The van der Waals surface area contributed by atoms with Gasteiger partial charge in [-0.15, -0.1) is 13.8 Å². The minimum absolute atomic E-state index is 0. The molecular formula is C11H19U-. The van der Waals surface area contributed by atoms with Crippen LogP contribution in [0.4, 0.5) is 0 Å². The molecular weight excluding hydrogens is 370 g/mol. The van der Waals surface area contributed by atoms with Crippen molar-refractivity contribution in [2.75, 3.05) is 0 Å². The normalized spacial score (nSPS) is 30.2. The third kappa shape index (κ3) is 2.33. The van der Waals surface area contributed by atoms with E-state index in [4.69, 9.17) is 0 Å². The van der Waals surface area contributed by atoms with Crippen molar-refractivity contribution in [1.29, 1.82) is 0 Å². The van der Waals surface area contributed by atoms with E-state index in [9.17, 15) is 0 Å². The number of allylic oxidation sites excluding steroid dienone is 2. The van der Waals surface area contributed by atoms with Gasteiger partial charge >= 0.3 is 0 Å². The molecule has 0 aromatic carbocycles. The van der Waals surface area contributed by atoms with E-state index in [-0.39, 0.29) is 31.1 Å². The Bertz CT molecular complexity index is 181. The Morgan fingerprint density at radius 2 is 1.75 bits per heavy atom. The van der Waals surface area contributed by atoms with Gasteiger partial charge in [0.2, 0.25) is 0 Å². The van der Waals surface area contributed by atoms with E-state index in [1.54, 1.807) is 17.1 Å². The van der Waals surface area contributed by atoms with Gasteiger partial charge in [0.25, 0.3) is 0 Å². The maximum absolute atomic E-state index is 2.35. The molecule has 68 valence electrons. The van der Waals surface area contributed by atoms with Crippen molar-refractivity contribution in [3.63, 3.8) is 0 Å². The van der Waals surface area contributed by atoms with Gasteiger partial charge in [0, 0.05) is 31.1 Å². The molecule has 0 N–H and O–H groups in total. The molecule has 0 fully saturated rings. The first-order valence-electron chi connectivity index (χ1n) is 4.54. The van der Waals surface area contributed by atoms with E-state index in [2.05, 4.69) is 34.6 Å². The largest absolute Gasteiger partial charge is 0.216 e. The van der Waals surface area contributed by atoms with Crippen molar-refractivity contribution >= 4 is 0 Å². The van der Waals surface area contributed by atoms with Crippen molar-refractivity contribution in [1.82, 2.24) is 0 Å². The number of hydrogen-bond acceptors (Lipinski definition) is 0. The van der Waals surface area contributed by atoms with E-state index in [0.29, 0.717) is 0 Å². The van der Waals surface area contributed by atoms with Crippen LogP contribution in [0, 0.1) is 48.9 Å². The van der Waals surface area contributed by atoms with Crippen LogP contribution in [0.5, 0.6) is 0 Å². The summed E-state index contributed by atoms with van der Waals surface area (Å²) in [6.45, 7) is 11.5. The Kier molecular flexibility index (Phi) is 5.04. The van der Waals surface area contributed by atoms with E-state index < -0.39 is 0 Å². The van der Waals surface area contributed by atoms with Gasteiger partial charge in [0.1, 0.15) is 0 Å². The van der Waals surface area contributed by atoms with Gasteiger partial charge in [-0.05, 0) is 0 Å². The van der Waals surface area contributed by atoms with Gasteiger partial charge in [-0.3, -0.25) is 0 Å². The smallest absolute Gasteiger partial charge is 0 e. The monoisotopic (exact) mass is 389 g/mol. The molecule has 0 amide bonds. The molecule has 12 heavy (non-hydrogen) atoms. The minimum atomic E-state index is 0. The molecule has 0 saturated heterocycles. The third-order valence-electron chi connectivity index (χ3n) is 3.40. The van der Waals surface area contributed by atoms with Gasteiger partial charge in [-0.1, -0.05) is 39.0 Å². The second-order valence-corrected chi connectivity index (χ2v) is 4.06. The molecule has 2 atom stereocenters. The van der Waals surface area contributed by atoms with Crippen molar-refractivity contribution in [2.24, 2.45) is 11.8 Å². The Balaban J connectivity index is 0.00000121. The van der Waals surface area contributed by atoms with Gasteiger partial charge in [-0.2, -0.15) is 0 Å². The summed E-state index contributed by atoms with van der Waals surface area (Å²) in [7, 11) is 0. The maximum atomic E-state index is 2.35. The van der Waals surface area contributed by atoms with Crippen LogP contribution < -0.4 is 0 Å². The van der Waals surface area contributed by atoms with Crippen molar-refractivity contribution in [3.05, 3.63) is 17.1 Å². The van der Waals surface area contributed by atoms with Crippen LogP contribution in [-0.4, -0.2) is 0 Å². The zero-order valence-corrected chi connectivity index (χ0v) is 13.0. The average Bonchev–Trinajstić information content (AvgIpc) is 1.97. The van der Waals surface area contributed by atoms with Crippen LogP contribution >= 0.6 is 0 Å². The number of hydrogen-bond donors (Lipinski definition) is 0. The summed E-state index contributed by atoms with van der Waals surface area (Å²) in [5.74, 6) is 3.23. The summed E-state index contributed by atoms with van der Waals surface area (Å²) < 4.78 is 0. The van der Waals surface area contributed by atoms with Crippen molar-refractivity contribution < 1.29 is 31.1 Å².